The van der Waals surface area contributed by atoms with Crippen LogP contribution >= 0.6 is 0 Å². The Labute approximate surface area is 155 Å². The highest BCUT2D eigenvalue weighted by Crippen LogP contribution is 2.43. The van der Waals surface area contributed by atoms with Crippen LogP contribution in [0.2, 0.25) is 0 Å². The van der Waals surface area contributed by atoms with Gasteiger partial charge in [0.05, 0.1) is 12.7 Å². The molecule has 2 aliphatic carbocycles. The summed E-state index contributed by atoms with van der Waals surface area (Å²) < 4.78 is 26.1. The van der Waals surface area contributed by atoms with Crippen LogP contribution in [0.5, 0.6) is 5.75 Å². The lowest BCUT2D eigenvalue weighted by molar-refractivity contribution is 0.0755. The molecule has 3 nitrogen and oxygen atoms in total. The number of aliphatic imine (C=N–C) groups is 1. The van der Waals surface area contributed by atoms with E-state index in [2.05, 4.69) is 6.92 Å². The minimum atomic E-state index is -0.788. The van der Waals surface area contributed by atoms with E-state index >= 15 is 0 Å². The lowest BCUT2D eigenvalue weighted by atomic mass is 9.83. The van der Waals surface area contributed by atoms with Gasteiger partial charge in [-0.15, -0.1) is 0 Å². The van der Waals surface area contributed by atoms with Crippen LogP contribution in [0, 0.1) is 11.8 Å². The molecule has 0 saturated heterocycles. The van der Waals surface area contributed by atoms with Crippen LogP contribution in [0.1, 0.15) is 63.7 Å². The van der Waals surface area contributed by atoms with Crippen molar-refractivity contribution in [1.82, 2.24) is 0 Å². The minimum Gasteiger partial charge on any atom is -0.496 e. The van der Waals surface area contributed by atoms with Crippen LogP contribution < -0.4 is 4.74 Å². The number of rotatable bonds is 4. The van der Waals surface area contributed by atoms with Crippen molar-refractivity contribution in [3.05, 3.63) is 41.2 Å². The van der Waals surface area contributed by atoms with Gasteiger partial charge in [-0.2, -0.15) is 0 Å². The lowest BCUT2D eigenvalue weighted by Gasteiger charge is -2.35. The second-order valence-electron chi connectivity index (χ2n) is 7.92. The molecule has 4 rings (SSSR count). The first-order chi connectivity index (χ1) is 12.7. The van der Waals surface area contributed by atoms with E-state index in [4.69, 9.17) is 14.5 Å². The molecule has 1 aromatic rings. The Kier molecular flexibility index (Phi) is 5.01. The van der Waals surface area contributed by atoms with E-state index < -0.39 is 6.17 Å². The number of halogens is 1. The lowest BCUT2D eigenvalue weighted by Crippen LogP contribution is -2.29. The van der Waals surface area contributed by atoms with Gasteiger partial charge < -0.3 is 9.47 Å². The molecule has 1 aromatic carbocycles. The summed E-state index contributed by atoms with van der Waals surface area (Å²) in [6, 6.07) is 7.89. The van der Waals surface area contributed by atoms with E-state index in [1.807, 2.05) is 24.3 Å². The molecule has 26 heavy (non-hydrogen) atoms. The molecule has 0 aromatic heterocycles. The molecular formula is C22H28FNO2. The Bertz CT molecular complexity index is 721. The van der Waals surface area contributed by atoms with Crippen molar-refractivity contribution in [3.63, 3.8) is 0 Å². The third-order valence-corrected chi connectivity index (χ3v) is 6.00. The van der Waals surface area contributed by atoms with Gasteiger partial charge in [0.25, 0.3) is 0 Å². The first-order valence-electron chi connectivity index (χ1n) is 9.89. The summed E-state index contributed by atoms with van der Waals surface area (Å²) in [5.41, 5.74) is 3.05. The van der Waals surface area contributed by atoms with Gasteiger partial charge in [-0.3, -0.25) is 0 Å². The Hall–Kier alpha value is -1.84. The van der Waals surface area contributed by atoms with Gasteiger partial charge in [0.2, 0.25) is 6.23 Å². The highest BCUT2D eigenvalue weighted by Gasteiger charge is 2.36. The van der Waals surface area contributed by atoms with E-state index in [0.717, 1.165) is 34.8 Å². The second-order valence-corrected chi connectivity index (χ2v) is 7.92. The highest BCUT2D eigenvalue weighted by atomic mass is 19.1. The first-order valence-corrected chi connectivity index (χ1v) is 9.89. The molecule has 1 aliphatic heterocycles. The number of allylic oxidation sites excluding steroid dienone is 2. The number of hydrogen-bond donors (Lipinski definition) is 0. The molecule has 140 valence electrons. The number of benzene rings is 1. The quantitative estimate of drug-likeness (QED) is 0.685. The molecule has 1 saturated carbocycles. The number of ether oxygens (including phenoxy) is 2. The average Bonchev–Trinajstić information content (AvgIpc) is 3.15. The maximum atomic E-state index is 14.3. The Morgan fingerprint density at radius 3 is 2.77 bits per heavy atom. The van der Waals surface area contributed by atoms with Gasteiger partial charge in [0, 0.05) is 23.6 Å². The minimum absolute atomic E-state index is 0.0973. The molecule has 0 bridgehead atoms. The summed E-state index contributed by atoms with van der Waals surface area (Å²) in [6.45, 7) is 2.07. The standard InChI is InChI=1S/C22H28FNO2/c1-14-11-16(23)13-18-19(12-15-7-3-4-8-15)24-22(26-21(14)18)17-9-5-6-10-20(17)25-2/h5-6,9-10,14-16,22H,3-4,7-8,11-13H2,1-2H3/t14-,16?,22?/m1/s1. The molecule has 1 heterocycles. The van der Waals surface area contributed by atoms with E-state index in [-0.39, 0.29) is 12.1 Å². The zero-order chi connectivity index (χ0) is 18.1. The van der Waals surface area contributed by atoms with E-state index in [0.29, 0.717) is 18.8 Å². The molecule has 4 heteroatoms. The van der Waals surface area contributed by atoms with Crippen LogP contribution in [0.4, 0.5) is 4.39 Å². The van der Waals surface area contributed by atoms with Crippen LogP contribution in [0.25, 0.3) is 0 Å². The maximum absolute atomic E-state index is 14.3. The van der Waals surface area contributed by atoms with Crippen molar-refractivity contribution in [2.75, 3.05) is 7.11 Å². The average molecular weight is 357 g/mol. The topological polar surface area (TPSA) is 30.8 Å². The van der Waals surface area contributed by atoms with Crippen molar-refractivity contribution in [2.24, 2.45) is 16.8 Å². The summed E-state index contributed by atoms with van der Waals surface area (Å²) in [6.07, 6.45) is 5.89. The summed E-state index contributed by atoms with van der Waals surface area (Å²) in [4.78, 5) is 4.97. The fourth-order valence-electron chi connectivity index (χ4n) is 4.67. The third kappa shape index (κ3) is 3.38. The molecular weight excluding hydrogens is 329 g/mol. The summed E-state index contributed by atoms with van der Waals surface area (Å²) >= 11 is 0. The fourth-order valence-corrected chi connectivity index (χ4v) is 4.67. The molecule has 2 unspecified atom stereocenters. The van der Waals surface area contributed by atoms with Crippen LogP contribution in [0.15, 0.2) is 40.6 Å². The molecule has 0 spiro atoms. The predicted molar refractivity (Wildman–Crippen MR) is 101 cm³/mol. The third-order valence-electron chi connectivity index (χ3n) is 6.00. The van der Waals surface area contributed by atoms with Crippen LogP contribution in [0.3, 0.4) is 0 Å². The second kappa shape index (κ2) is 7.42. The highest BCUT2D eigenvalue weighted by molar-refractivity contribution is 6.01. The fraction of sp³-hybridized carbons (Fsp3) is 0.591. The van der Waals surface area contributed by atoms with E-state index in [1.165, 1.54) is 25.7 Å². The van der Waals surface area contributed by atoms with Gasteiger partial charge in [-0.1, -0.05) is 44.7 Å². The van der Waals surface area contributed by atoms with Crippen molar-refractivity contribution < 1.29 is 13.9 Å². The Morgan fingerprint density at radius 1 is 1.23 bits per heavy atom. The number of nitrogens with zero attached hydrogens (tertiary/aromatic N) is 1. The van der Waals surface area contributed by atoms with Crippen molar-refractivity contribution in [2.45, 2.75) is 64.3 Å². The molecule has 1 fully saturated rings. The Morgan fingerprint density at radius 2 is 2.00 bits per heavy atom. The zero-order valence-electron chi connectivity index (χ0n) is 15.7. The van der Waals surface area contributed by atoms with Gasteiger partial charge >= 0.3 is 0 Å². The molecule has 0 radical (unpaired) electrons. The normalized spacial score (nSPS) is 29.2. The van der Waals surface area contributed by atoms with Crippen molar-refractivity contribution in [3.8, 4) is 5.75 Å². The number of para-hydroxylation sites is 1. The number of alkyl halides is 1. The summed E-state index contributed by atoms with van der Waals surface area (Å²) in [5.74, 6) is 2.52. The van der Waals surface area contributed by atoms with Gasteiger partial charge in [0.1, 0.15) is 17.7 Å². The SMILES string of the molecule is COc1ccccc1C1N=C(CC2CCCC2)C2=C(O1)[C@H](C)CC(F)C2. The van der Waals surface area contributed by atoms with Crippen molar-refractivity contribution in [1.29, 1.82) is 0 Å². The molecule has 3 atom stereocenters. The van der Waals surface area contributed by atoms with E-state index in [1.54, 1.807) is 7.11 Å². The van der Waals surface area contributed by atoms with Crippen LogP contribution in [-0.2, 0) is 4.74 Å². The molecule has 0 N–H and O–H groups in total. The van der Waals surface area contributed by atoms with Gasteiger partial charge in [-0.05, 0) is 30.9 Å². The largest absolute Gasteiger partial charge is 0.496 e. The van der Waals surface area contributed by atoms with Gasteiger partial charge in [0.15, 0.2) is 0 Å². The summed E-state index contributed by atoms with van der Waals surface area (Å²) in [7, 11) is 1.67. The zero-order valence-corrected chi connectivity index (χ0v) is 15.7. The first kappa shape index (κ1) is 17.6. The predicted octanol–water partition coefficient (Wildman–Crippen LogP) is 5.77. The molecule has 0 amide bonds. The van der Waals surface area contributed by atoms with Gasteiger partial charge in [-0.25, -0.2) is 9.38 Å². The monoisotopic (exact) mass is 357 g/mol. The van der Waals surface area contributed by atoms with Crippen molar-refractivity contribution >= 4 is 5.71 Å². The van der Waals surface area contributed by atoms with Crippen LogP contribution in [-0.4, -0.2) is 19.0 Å². The summed E-state index contributed by atoms with van der Waals surface area (Å²) in [5, 5.41) is 0. The van der Waals surface area contributed by atoms with E-state index in [9.17, 15) is 4.39 Å². The number of hydrogen-bond acceptors (Lipinski definition) is 3. The molecule has 3 aliphatic rings. The Balaban J connectivity index is 1.70. The maximum Gasteiger partial charge on any atom is 0.219 e. The smallest absolute Gasteiger partial charge is 0.219 e. The number of methoxy groups -OCH3 is 1.